The standard InChI is InChI=1S/C27H21NO11/c1-9-3-4-11(5-6-28-10(2)29)7-12(9)16-23(33)20-19(25(35)24(16)34)21(31)13-8-14(30)17(26(36)37)18(27(38)39)15(13)22(20)32/h3-4,7-8,30,33-35H,5-6H2,1-2H3,(H,28,29)(H,36,37)(H,38,39). The van der Waals surface area contributed by atoms with Gasteiger partial charge in [-0.15, -0.1) is 0 Å². The number of nitrogens with one attached hydrogen (secondary N) is 1. The second-order valence-corrected chi connectivity index (χ2v) is 8.89. The summed E-state index contributed by atoms with van der Waals surface area (Å²) in [5, 5.41) is 64.8. The lowest BCUT2D eigenvalue weighted by Crippen LogP contribution is -2.26. The summed E-state index contributed by atoms with van der Waals surface area (Å²) in [4.78, 5) is 61.8. The fourth-order valence-corrected chi connectivity index (χ4v) is 4.66. The van der Waals surface area contributed by atoms with Crippen LogP contribution in [-0.2, 0) is 11.2 Å². The Morgan fingerprint density at radius 3 is 1.92 bits per heavy atom. The molecule has 0 atom stereocenters. The molecule has 7 N–H and O–H groups in total. The summed E-state index contributed by atoms with van der Waals surface area (Å²) in [5.74, 6) is -10.7. The van der Waals surface area contributed by atoms with E-state index >= 15 is 0 Å². The summed E-state index contributed by atoms with van der Waals surface area (Å²) in [7, 11) is 0. The van der Waals surface area contributed by atoms with Gasteiger partial charge in [0.25, 0.3) is 0 Å². The third-order valence-corrected chi connectivity index (χ3v) is 6.44. The molecule has 0 spiro atoms. The number of carbonyl (C=O) groups excluding carboxylic acids is 3. The SMILES string of the molecule is CC(=O)NCCc1ccc(C)c(-c2c(O)c(O)c3c(c2O)C(=O)c2c(cc(O)c(C(=O)O)c2C(=O)O)C3=O)c1. The Hall–Kier alpha value is -5.39. The lowest BCUT2D eigenvalue weighted by molar-refractivity contribution is -0.118. The van der Waals surface area contributed by atoms with Crippen molar-refractivity contribution in [1.82, 2.24) is 5.32 Å². The molecule has 4 rings (SSSR count). The first-order valence-electron chi connectivity index (χ1n) is 11.4. The van der Waals surface area contributed by atoms with E-state index in [2.05, 4.69) is 5.32 Å². The number of phenolic OH excluding ortho intramolecular Hbond substituents is 3. The Balaban J connectivity index is 2.00. The number of hydrogen-bond donors (Lipinski definition) is 7. The molecule has 39 heavy (non-hydrogen) atoms. The van der Waals surface area contributed by atoms with Crippen LogP contribution in [0, 0.1) is 6.92 Å². The van der Waals surface area contributed by atoms with Crippen molar-refractivity contribution in [1.29, 1.82) is 0 Å². The largest absolute Gasteiger partial charge is 0.507 e. The highest BCUT2D eigenvalue weighted by atomic mass is 16.4. The van der Waals surface area contributed by atoms with Crippen LogP contribution in [0.3, 0.4) is 0 Å². The minimum atomic E-state index is -1.94. The molecule has 0 unspecified atom stereocenters. The van der Waals surface area contributed by atoms with E-state index in [1.54, 1.807) is 19.1 Å². The summed E-state index contributed by atoms with van der Waals surface area (Å²) < 4.78 is 0. The summed E-state index contributed by atoms with van der Waals surface area (Å²) in [6, 6.07) is 5.46. The zero-order chi connectivity index (χ0) is 28.9. The number of carbonyl (C=O) groups is 5. The molecule has 0 bridgehead atoms. The lowest BCUT2D eigenvalue weighted by atomic mass is 9.77. The lowest BCUT2D eigenvalue weighted by Gasteiger charge is -2.24. The van der Waals surface area contributed by atoms with Crippen LogP contribution in [0.1, 0.15) is 70.6 Å². The average Bonchev–Trinajstić information content (AvgIpc) is 2.85. The molecule has 3 aromatic carbocycles. The topological polar surface area (TPSA) is 219 Å². The van der Waals surface area contributed by atoms with E-state index in [-0.39, 0.29) is 18.0 Å². The van der Waals surface area contributed by atoms with Crippen molar-refractivity contribution in [2.24, 2.45) is 0 Å². The highest BCUT2D eigenvalue weighted by molar-refractivity contribution is 6.34. The van der Waals surface area contributed by atoms with Gasteiger partial charge in [0.15, 0.2) is 23.1 Å². The molecule has 1 aliphatic rings. The molecule has 1 amide bonds. The molecule has 0 saturated carbocycles. The highest BCUT2D eigenvalue weighted by Gasteiger charge is 2.43. The van der Waals surface area contributed by atoms with Gasteiger partial charge in [-0.2, -0.15) is 0 Å². The maximum absolute atomic E-state index is 13.6. The van der Waals surface area contributed by atoms with E-state index in [0.29, 0.717) is 23.6 Å². The third kappa shape index (κ3) is 4.17. The molecule has 0 radical (unpaired) electrons. The second-order valence-electron chi connectivity index (χ2n) is 8.89. The molecular formula is C27H21NO11. The van der Waals surface area contributed by atoms with Gasteiger partial charge in [-0.05, 0) is 36.1 Å². The number of carboxylic acid groups (broad SMARTS) is 2. The van der Waals surface area contributed by atoms with Crippen molar-refractivity contribution < 1.29 is 54.6 Å². The van der Waals surface area contributed by atoms with Gasteiger partial charge in [0.1, 0.15) is 17.1 Å². The molecule has 12 nitrogen and oxygen atoms in total. The van der Waals surface area contributed by atoms with E-state index < -0.39 is 85.4 Å². The molecule has 12 heteroatoms. The van der Waals surface area contributed by atoms with Gasteiger partial charge in [0.2, 0.25) is 5.91 Å². The van der Waals surface area contributed by atoms with Gasteiger partial charge in [-0.3, -0.25) is 14.4 Å². The Morgan fingerprint density at radius 1 is 0.744 bits per heavy atom. The van der Waals surface area contributed by atoms with E-state index in [1.165, 1.54) is 13.0 Å². The number of ketones is 2. The summed E-state index contributed by atoms with van der Waals surface area (Å²) in [6.45, 7) is 3.22. The van der Waals surface area contributed by atoms with E-state index in [4.69, 9.17) is 0 Å². The van der Waals surface area contributed by atoms with Crippen molar-refractivity contribution in [3.8, 4) is 34.1 Å². The second kappa shape index (κ2) is 9.49. The first-order valence-corrected chi connectivity index (χ1v) is 11.4. The third-order valence-electron chi connectivity index (χ3n) is 6.44. The molecule has 0 fully saturated rings. The number of amides is 1. The van der Waals surface area contributed by atoms with Crippen LogP contribution in [0.2, 0.25) is 0 Å². The molecule has 0 aliphatic heterocycles. The number of aromatic hydroxyl groups is 4. The van der Waals surface area contributed by atoms with Gasteiger partial charge >= 0.3 is 11.9 Å². The summed E-state index contributed by atoms with van der Waals surface area (Å²) in [5.41, 5.74) is -4.79. The number of aryl methyl sites for hydroxylation is 1. The van der Waals surface area contributed by atoms with Gasteiger partial charge in [0.05, 0.1) is 22.3 Å². The van der Waals surface area contributed by atoms with Crippen LogP contribution in [-0.4, -0.2) is 66.6 Å². The summed E-state index contributed by atoms with van der Waals surface area (Å²) in [6.07, 6.45) is 0.347. The number of benzene rings is 3. The van der Waals surface area contributed by atoms with Crippen molar-refractivity contribution in [3.05, 3.63) is 68.8 Å². The Labute approximate surface area is 219 Å². The van der Waals surface area contributed by atoms with Crippen LogP contribution in [0.5, 0.6) is 23.0 Å². The molecule has 200 valence electrons. The predicted molar refractivity (Wildman–Crippen MR) is 133 cm³/mol. The van der Waals surface area contributed by atoms with E-state index in [0.717, 1.165) is 0 Å². The Kier molecular flexibility index (Phi) is 6.49. The fourth-order valence-electron chi connectivity index (χ4n) is 4.66. The zero-order valence-corrected chi connectivity index (χ0v) is 20.4. The van der Waals surface area contributed by atoms with E-state index in [9.17, 15) is 54.6 Å². The number of fused-ring (bicyclic) bond motifs is 2. The molecule has 0 aromatic heterocycles. The van der Waals surface area contributed by atoms with Gasteiger partial charge in [0, 0.05) is 24.6 Å². The first kappa shape index (κ1) is 26.7. The minimum absolute atomic E-state index is 0.157. The normalized spacial score (nSPS) is 12.1. The summed E-state index contributed by atoms with van der Waals surface area (Å²) >= 11 is 0. The molecule has 0 saturated heterocycles. The van der Waals surface area contributed by atoms with Crippen LogP contribution < -0.4 is 5.32 Å². The van der Waals surface area contributed by atoms with Crippen molar-refractivity contribution in [3.63, 3.8) is 0 Å². The average molecular weight is 535 g/mol. The maximum atomic E-state index is 13.6. The number of phenols is 4. The highest BCUT2D eigenvalue weighted by Crippen LogP contribution is 2.52. The number of carboxylic acids is 2. The van der Waals surface area contributed by atoms with Crippen LogP contribution in [0.15, 0.2) is 24.3 Å². The smallest absolute Gasteiger partial charge is 0.340 e. The molecule has 1 aliphatic carbocycles. The van der Waals surface area contributed by atoms with Gasteiger partial charge < -0.3 is 36.0 Å². The van der Waals surface area contributed by atoms with Gasteiger partial charge in [-0.25, -0.2) is 9.59 Å². The molecule has 0 heterocycles. The monoisotopic (exact) mass is 535 g/mol. The zero-order valence-electron chi connectivity index (χ0n) is 20.4. The van der Waals surface area contributed by atoms with Crippen molar-refractivity contribution in [2.75, 3.05) is 6.54 Å². The van der Waals surface area contributed by atoms with Crippen molar-refractivity contribution >= 4 is 29.4 Å². The molecule has 3 aromatic rings. The van der Waals surface area contributed by atoms with Crippen LogP contribution >= 0.6 is 0 Å². The molecular weight excluding hydrogens is 514 g/mol. The minimum Gasteiger partial charge on any atom is -0.507 e. The Morgan fingerprint density at radius 2 is 1.33 bits per heavy atom. The van der Waals surface area contributed by atoms with Crippen molar-refractivity contribution in [2.45, 2.75) is 20.3 Å². The van der Waals surface area contributed by atoms with Crippen LogP contribution in [0.4, 0.5) is 0 Å². The predicted octanol–water partition coefficient (Wildman–Crippen LogP) is 2.33. The quantitative estimate of drug-likeness (QED) is 0.140. The van der Waals surface area contributed by atoms with Gasteiger partial charge in [-0.1, -0.05) is 18.2 Å². The first-order chi connectivity index (χ1) is 18.3. The maximum Gasteiger partial charge on any atom is 0.340 e. The number of rotatable bonds is 6. The number of hydrogen-bond acceptors (Lipinski definition) is 9. The fraction of sp³-hybridized carbons (Fsp3) is 0.148. The van der Waals surface area contributed by atoms with Crippen LogP contribution in [0.25, 0.3) is 11.1 Å². The van der Waals surface area contributed by atoms with E-state index in [1.807, 2.05) is 0 Å². The Bertz CT molecular complexity index is 1650. The number of aromatic carboxylic acids is 2.